The summed E-state index contributed by atoms with van der Waals surface area (Å²) in [6, 6.07) is -1.03. The van der Waals surface area contributed by atoms with Crippen molar-refractivity contribution in [2.75, 3.05) is 13.1 Å². The topological polar surface area (TPSA) is 73.7 Å². The molecule has 0 spiro atoms. The fraction of sp³-hybridized carbons (Fsp3) is 0.688. The van der Waals surface area contributed by atoms with Crippen LogP contribution >= 0.6 is 11.3 Å². The fourth-order valence-corrected chi connectivity index (χ4v) is 3.64. The van der Waals surface area contributed by atoms with Crippen LogP contribution in [0.3, 0.4) is 0 Å². The molecule has 128 valence electrons. The summed E-state index contributed by atoms with van der Waals surface area (Å²) in [5.74, 6) is -0.583. The summed E-state index contributed by atoms with van der Waals surface area (Å²) in [5.41, 5.74) is 0.361. The summed E-state index contributed by atoms with van der Waals surface area (Å²) < 4.78 is 0. The van der Waals surface area contributed by atoms with Crippen LogP contribution in [0.2, 0.25) is 0 Å². The summed E-state index contributed by atoms with van der Waals surface area (Å²) in [5, 5.41) is 12.5. The predicted molar refractivity (Wildman–Crippen MR) is 89.6 cm³/mol. The van der Waals surface area contributed by atoms with Crippen molar-refractivity contribution in [3.8, 4) is 0 Å². The third-order valence-corrected chi connectivity index (χ3v) is 5.10. The number of aromatic nitrogens is 1. The average Bonchev–Trinajstić information content (AvgIpc) is 2.99. The zero-order valence-electron chi connectivity index (χ0n) is 14.4. The maximum atomic E-state index is 12.6. The molecular formula is C16H25N3O3S. The molecule has 1 aromatic heterocycles. The van der Waals surface area contributed by atoms with Gasteiger partial charge in [-0.25, -0.2) is 14.6 Å². The van der Waals surface area contributed by atoms with E-state index in [4.69, 9.17) is 0 Å². The zero-order chi connectivity index (χ0) is 17.4. The van der Waals surface area contributed by atoms with Crippen LogP contribution in [0.25, 0.3) is 0 Å². The summed E-state index contributed by atoms with van der Waals surface area (Å²) in [6.45, 7) is 11.1. The predicted octanol–water partition coefficient (Wildman–Crippen LogP) is 3.00. The number of thiazole rings is 1. The van der Waals surface area contributed by atoms with E-state index in [-0.39, 0.29) is 6.03 Å². The number of rotatable bonds is 5. The molecule has 1 fully saturated rings. The molecule has 0 saturated carbocycles. The fourth-order valence-electron chi connectivity index (χ4n) is 2.81. The number of carbonyl (C=O) groups is 2. The van der Waals surface area contributed by atoms with Gasteiger partial charge in [0.05, 0.1) is 17.2 Å². The molecule has 23 heavy (non-hydrogen) atoms. The van der Waals surface area contributed by atoms with Gasteiger partial charge in [-0.3, -0.25) is 0 Å². The first-order valence-electron chi connectivity index (χ1n) is 7.84. The van der Waals surface area contributed by atoms with Gasteiger partial charge in [-0.1, -0.05) is 34.6 Å². The van der Waals surface area contributed by atoms with Crippen molar-refractivity contribution in [1.82, 2.24) is 14.8 Å². The highest BCUT2D eigenvalue weighted by molar-refractivity contribution is 7.09. The third-order valence-electron chi connectivity index (χ3n) is 3.91. The third kappa shape index (κ3) is 3.83. The highest BCUT2D eigenvalue weighted by Crippen LogP contribution is 2.28. The van der Waals surface area contributed by atoms with Gasteiger partial charge in [0.1, 0.15) is 6.04 Å². The van der Waals surface area contributed by atoms with Crippen LogP contribution in [-0.4, -0.2) is 51.0 Å². The molecule has 1 aliphatic rings. The molecule has 2 amide bonds. The van der Waals surface area contributed by atoms with Gasteiger partial charge in [0.2, 0.25) is 0 Å². The molecule has 1 atom stereocenters. The van der Waals surface area contributed by atoms with E-state index in [2.05, 4.69) is 18.8 Å². The molecule has 0 aromatic carbocycles. The lowest BCUT2D eigenvalue weighted by molar-refractivity contribution is -0.145. The van der Waals surface area contributed by atoms with Gasteiger partial charge >= 0.3 is 12.0 Å². The first-order valence-corrected chi connectivity index (χ1v) is 8.72. The molecule has 1 aliphatic heterocycles. The lowest BCUT2D eigenvalue weighted by atomic mass is 9.86. The normalized spacial score (nSPS) is 17.2. The maximum absolute atomic E-state index is 12.6. The van der Waals surface area contributed by atoms with Crippen molar-refractivity contribution in [3.05, 3.63) is 16.1 Å². The number of amides is 2. The summed E-state index contributed by atoms with van der Waals surface area (Å²) in [4.78, 5) is 31.9. The summed E-state index contributed by atoms with van der Waals surface area (Å²) >= 11 is 1.60. The summed E-state index contributed by atoms with van der Waals surface area (Å²) in [6.07, 6.45) is 0. The van der Waals surface area contributed by atoms with E-state index in [9.17, 15) is 14.7 Å². The van der Waals surface area contributed by atoms with Crippen molar-refractivity contribution in [2.24, 2.45) is 5.41 Å². The second-order valence-electron chi connectivity index (χ2n) is 7.34. The number of hydrogen-bond acceptors (Lipinski definition) is 4. The van der Waals surface area contributed by atoms with Gasteiger partial charge in [-0.15, -0.1) is 11.3 Å². The minimum Gasteiger partial charge on any atom is -0.480 e. The van der Waals surface area contributed by atoms with E-state index in [0.29, 0.717) is 25.6 Å². The van der Waals surface area contributed by atoms with Crippen LogP contribution in [-0.2, 0) is 11.3 Å². The molecule has 0 unspecified atom stereocenters. The first-order chi connectivity index (χ1) is 10.6. The smallest absolute Gasteiger partial charge is 0.327 e. The van der Waals surface area contributed by atoms with Crippen LogP contribution in [0.15, 0.2) is 5.38 Å². The van der Waals surface area contributed by atoms with Crippen molar-refractivity contribution in [1.29, 1.82) is 0 Å². The van der Waals surface area contributed by atoms with Crippen LogP contribution in [0.4, 0.5) is 4.79 Å². The van der Waals surface area contributed by atoms with E-state index >= 15 is 0 Å². The van der Waals surface area contributed by atoms with Crippen LogP contribution in [0, 0.1) is 5.41 Å². The first kappa shape index (κ1) is 17.7. The van der Waals surface area contributed by atoms with Crippen molar-refractivity contribution in [3.63, 3.8) is 0 Å². The summed E-state index contributed by atoms with van der Waals surface area (Å²) in [7, 11) is 0. The molecule has 2 rings (SSSR count). The van der Waals surface area contributed by atoms with E-state index < -0.39 is 17.4 Å². The number of aliphatic carboxylic acids is 1. The molecule has 0 aliphatic carbocycles. The van der Waals surface area contributed by atoms with Crippen molar-refractivity contribution < 1.29 is 14.7 Å². The minimum atomic E-state index is -0.955. The Morgan fingerprint density at radius 1 is 1.39 bits per heavy atom. The van der Waals surface area contributed by atoms with E-state index in [1.165, 1.54) is 4.90 Å². The molecule has 6 nitrogen and oxygen atoms in total. The quantitative estimate of drug-likeness (QED) is 0.895. The number of urea groups is 1. The number of nitrogens with zero attached hydrogens (tertiary/aromatic N) is 3. The largest absolute Gasteiger partial charge is 0.480 e. The van der Waals surface area contributed by atoms with Gasteiger partial charge < -0.3 is 14.9 Å². The number of carboxylic acid groups (broad SMARTS) is 1. The van der Waals surface area contributed by atoms with E-state index in [1.807, 2.05) is 26.2 Å². The van der Waals surface area contributed by atoms with Gasteiger partial charge in [0.15, 0.2) is 0 Å². The molecule has 7 heteroatoms. The second-order valence-corrected chi connectivity index (χ2v) is 8.23. The van der Waals surface area contributed by atoms with E-state index in [0.717, 1.165) is 10.7 Å². The maximum Gasteiger partial charge on any atom is 0.327 e. The van der Waals surface area contributed by atoms with Crippen molar-refractivity contribution >= 4 is 23.3 Å². The molecular weight excluding hydrogens is 314 g/mol. The molecule has 1 saturated heterocycles. The Kier molecular flexibility index (Phi) is 4.98. The Balaban J connectivity index is 2.10. The standard InChI is InChI=1S/C16H25N3O3S/c1-10(2)13-17-11(9-23-13)8-18-6-7-19(15(18)22)12(14(20)21)16(3,4)5/h9-10,12H,6-8H2,1-5H3,(H,20,21)/t12-/m1/s1. The Bertz CT molecular complexity index is 592. The molecule has 0 radical (unpaired) electrons. The Morgan fingerprint density at radius 2 is 2.04 bits per heavy atom. The highest BCUT2D eigenvalue weighted by Gasteiger charge is 2.43. The van der Waals surface area contributed by atoms with Crippen LogP contribution in [0.1, 0.15) is 51.2 Å². The molecule has 1 aromatic rings. The molecule has 0 bridgehead atoms. The Labute approximate surface area is 141 Å². The SMILES string of the molecule is CC(C)c1nc(CN2CCN([C@H](C(=O)O)C(C)(C)C)C2=O)cs1. The van der Waals surface area contributed by atoms with Gasteiger partial charge in [0, 0.05) is 24.4 Å². The average molecular weight is 339 g/mol. The lowest BCUT2D eigenvalue weighted by Gasteiger charge is -2.34. The Morgan fingerprint density at radius 3 is 2.52 bits per heavy atom. The minimum absolute atomic E-state index is 0.216. The van der Waals surface area contributed by atoms with Gasteiger partial charge in [0.25, 0.3) is 0 Å². The number of carbonyl (C=O) groups excluding carboxylic acids is 1. The van der Waals surface area contributed by atoms with Crippen LogP contribution in [0.5, 0.6) is 0 Å². The Hall–Kier alpha value is -1.63. The van der Waals surface area contributed by atoms with Gasteiger partial charge in [-0.05, 0) is 5.41 Å². The van der Waals surface area contributed by atoms with E-state index in [1.54, 1.807) is 16.2 Å². The molecule has 1 N–H and O–H groups in total. The number of carboxylic acids is 1. The highest BCUT2D eigenvalue weighted by atomic mass is 32.1. The lowest BCUT2D eigenvalue weighted by Crippen LogP contribution is -2.50. The zero-order valence-corrected chi connectivity index (χ0v) is 15.2. The van der Waals surface area contributed by atoms with Crippen molar-refractivity contribution in [2.45, 2.75) is 53.1 Å². The molecule has 2 heterocycles. The monoisotopic (exact) mass is 339 g/mol. The number of hydrogen-bond donors (Lipinski definition) is 1. The van der Waals surface area contributed by atoms with Gasteiger partial charge in [-0.2, -0.15) is 0 Å². The van der Waals surface area contributed by atoms with Crippen LogP contribution < -0.4 is 0 Å². The second kappa shape index (κ2) is 6.47.